The first kappa shape index (κ1) is 12.9. The van der Waals surface area contributed by atoms with Gasteiger partial charge in [-0.2, -0.15) is 0 Å². The molecule has 0 aromatic rings. The van der Waals surface area contributed by atoms with Crippen molar-refractivity contribution < 1.29 is 19.9 Å². The number of carbonyl (C=O) groups excluding carboxylic acids is 1. The molecule has 0 radical (unpaired) electrons. The Morgan fingerprint density at radius 2 is 2.07 bits per heavy atom. The molecule has 0 rings (SSSR count). The molecule has 1 atom stereocenters. The Bertz CT molecular complexity index is 208. The SMILES string of the molecule is CCC(=O)N(O)CCCC(N)C(=O)O. The fourth-order valence-corrected chi connectivity index (χ4v) is 0.892. The average Bonchev–Trinajstić information content (AvgIpc) is 2.15. The molecule has 4 N–H and O–H groups in total. The van der Waals surface area contributed by atoms with E-state index in [4.69, 9.17) is 16.0 Å². The average molecular weight is 204 g/mol. The summed E-state index contributed by atoms with van der Waals surface area (Å²) in [5, 5.41) is 18.1. The Kier molecular flexibility index (Phi) is 5.82. The number of carbonyl (C=O) groups is 2. The molecule has 0 spiro atoms. The molecule has 6 nitrogen and oxygen atoms in total. The van der Waals surface area contributed by atoms with Crippen LogP contribution in [0.1, 0.15) is 26.2 Å². The van der Waals surface area contributed by atoms with Gasteiger partial charge in [0.2, 0.25) is 5.91 Å². The van der Waals surface area contributed by atoms with E-state index in [0.717, 1.165) is 0 Å². The number of aliphatic carboxylic acids is 1. The topological polar surface area (TPSA) is 104 Å². The zero-order chi connectivity index (χ0) is 11.1. The van der Waals surface area contributed by atoms with E-state index < -0.39 is 12.0 Å². The number of carboxylic acids is 1. The van der Waals surface area contributed by atoms with Crippen LogP contribution in [0, 0.1) is 0 Å². The number of hydrogen-bond donors (Lipinski definition) is 3. The lowest BCUT2D eigenvalue weighted by Crippen LogP contribution is -2.32. The Morgan fingerprint density at radius 1 is 1.50 bits per heavy atom. The molecule has 0 aromatic heterocycles. The lowest BCUT2D eigenvalue weighted by atomic mass is 10.2. The second-order valence-corrected chi connectivity index (χ2v) is 2.96. The van der Waals surface area contributed by atoms with Crippen molar-refractivity contribution in [2.45, 2.75) is 32.2 Å². The second-order valence-electron chi connectivity index (χ2n) is 2.96. The van der Waals surface area contributed by atoms with Crippen LogP contribution < -0.4 is 5.73 Å². The maximum Gasteiger partial charge on any atom is 0.320 e. The first-order valence-corrected chi connectivity index (χ1v) is 4.46. The lowest BCUT2D eigenvalue weighted by Gasteiger charge is -2.14. The Balaban J connectivity index is 3.64. The van der Waals surface area contributed by atoms with Gasteiger partial charge in [0.15, 0.2) is 0 Å². The third-order valence-electron chi connectivity index (χ3n) is 1.79. The van der Waals surface area contributed by atoms with Gasteiger partial charge >= 0.3 is 5.97 Å². The molecule has 0 aliphatic heterocycles. The number of carboxylic acid groups (broad SMARTS) is 1. The molecular weight excluding hydrogens is 188 g/mol. The predicted molar refractivity (Wildman–Crippen MR) is 48.6 cm³/mol. The molecule has 1 unspecified atom stereocenters. The van der Waals surface area contributed by atoms with Crippen LogP contribution in [0.3, 0.4) is 0 Å². The quantitative estimate of drug-likeness (QED) is 0.411. The van der Waals surface area contributed by atoms with Gasteiger partial charge in [0, 0.05) is 13.0 Å². The summed E-state index contributed by atoms with van der Waals surface area (Å²) in [5.41, 5.74) is 5.23. The van der Waals surface area contributed by atoms with Crippen molar-refractivity contribution in [3.63, 3.8) is 0 Å². The molecular formula is C8H16N2O4. The van der Waals surface area contributed by atoms with E-state index in [1.54, 1.807) is 6.92 Å². The monoisotopic (exact) mass is 204 g/mol. The maximum absolute atomic E-state index is 10.8. The number of nitrogens with zero attached hydrogens (tertiary/aromatic N) is 1. The minimum absolute atomic E-state index is 0.119. The van der Waals surface area contributed by atoms with Crippen LogP contribution in [0.15, 0.2) is 0 Å². The van der Waals surface area contributed by atoms with Crippen LogP contribution in [0.5, 0.6) is 0 Å². The zero-order valence-corrected chi connectivity index (χ0v) is 8.14. The first-order chi connectivity index (χ1) is 6.49. The summed E-state index contributed by atoms with van der Waals surface area (Å²) in [6.45, 7) is 1.75. The highest BCUT2D eigenvalue weighted by Crippen LogP contribution is 1.98. The van der Waals surface area contributed by atoms with E-state index in [2.05, 4.69) is 0 Å². The normalized spacial score (nSPS) is 12.2. The number of nitrogens with two attached hydrogens (primary N) is 1. The summed E-state index contributed by atoms with van der Waals surface area (Å²) < 4.78 is 0. The molecule has 0 aliphatic rings. The highest BCUT2D eigenvalue weighted by Gasteiger charge is 2.12. The van der Waals surface area contributed by atoms with Crippen molar-refractivity contribution in [2.75, 3.05) is 6.54 Å². The number of rotatable bonds is 6. The molecule has 6 heteroatoms. The van der Waals surface area contributed by atoms with E-state index in [-0.39, 0.29) is 25.3 Å². The summed E-state index contributed by atoms with van der Waals surface area (Å²) in [6, 6.07) is -0.930. The minimum Gasteiger partial charge on any atom is -0.480 e. The van der Waals surface area contributed by atoms with E-state index in [0.29, 0.717) is 11.5 Å². The molecule has 1 amide bonds. The van der Waals surface area contributed by atoms with Crippen molar-refractivity contribution >= 4 is 11.9 Å². The third-order valence-corrected chi connectivity index (χ3v) is 1.79. The van der Waals surface area contributed by atoms with Crippen molar-refractivity contribution in [2.24, 2.45) is 5.73 Å². The molecule has 0 fully saturated rings. The molecule has 0 heterocycles. The van der Waals surface area contributed by atoms with Gasteiger partial charge in [0.25, 0.3) is 0 Å². The molecule has 82 valence electrons. The summed E-state index contributed by atoms with van der Waals surface area (Å²) in [4.78, 5) is 21.1. The molecule has 0 aromatic carbocycles. The predicted octanol–water partition coefficient (Wildman–Crippen LogP) is -0.194. The van der Waals surface area contributed by atoms with Crippen LogP contribution in [-0.2, 0) is 9.59 Å². The van der Waals surface area contributed by atoms with Gasteiger partial charge in [0.05, 0.1) is 0 Å². The molecule has 0 saturated heterocycles. The molecule has 0 saturated carbocycles. The van der Waals surface area contributed by atoms with E-state index >= 15 is 0 Å². The van der Waals surface area contributed by atoms with E-state index in [1.165, 1.54) is 0 Å². The van der Waals surface area contributed by atoms with Gasteiger partial charge in [-0.05, 0) is 12.8 Å². The van der Waals surface area contributed by atoms with Crippen LogP contribution in [0.2, 0.25) is 0 Å². The molecule has 0 bridgehead atoms. The third kappa shape index (κ3) is 4.78. The van der Waals surface area contributed by atoms with Gasteiger partial charge in [-0.3, -0.25) is 14.8 Å². The summed E-state index contributed by atoms with van der Waals surface area (Å²) in [5.74, 6) is -1.45. The van der Waals surface area contributed by atoms with Crippen LogP contribution in [0.25, 0.3) is 0 Å². The second kappa shape index (κ2) is 6.33. The van der Waals surface area contributed by atoms with Crippen LogP contribution in [0.4, 0.5) is 0 Å². The number of hydrogen-bond acceptors (Lipinski definition) is 4. The fourth-order valence-electron chi connectivity index (χ4n) is 0.892. The highest BCUT2D eigenvalue weighted by atomic mass is 16.5. The summed E-state index contributed by atoms with van der Waals surface area (Å²) in [6.07, 6.45) is 0.834. The fraction of sp³-hybridized carbons (Fsp3) is 0.750. The molecule has 14 heavy (non-hydrogen) atoms. The van der Waals surface area contributed by atoms with Gasteiger partial charge in [-0.25, -0.2) is 5.06 Å². The van der Waals surface area contributed by atoms with Crippen LogP contribution >= 0.6 is 0 Å². The Hall–Kier alpha value is -1.14. The van der Waals surface area contributed by atoms with Crippen molar-refractivity contribution in [3.8, 4) is 0 Å². The molecule has 0 aliphatic carbocycles. The zero-order valence-electron chi connectivity index (χ0n) is 8.14. The first-order valence-electron chi connectivity index (χ1n) is 4.46. The maximum atomic E-state index is 10.8. The van der Waals surface area contributed by atoms with Crippen LogP contribution in [-0.4, -0.2) is 39.8 Å². The number of hydroxylamine groups is 2. The Labute approximate surface area is 82.3 Å². The van der Waals surface area contributed by atoms with Crippen molar-refractivity contribution in [3.05, 3.63) is 0 Å². The summed E-state index contributed by atoms with van der Waals surface area (Å²) in [7, 11) is 0. The van der Waals surface area contributed by atoms with Gasteiger partial charge < -0.3 is 10.8 Å². The standard InChI is InChI=1S/C8H16N2O4/c1-2-7(11)10(14)5-3-4-6(9)8(12)13/h6,14H,2-5,9H2,1H3,(H,12,13). The van der Waals surface area contributed by atoms with E-state index in [9.17, 15) is 9.59 Å². The van der Waals surface area contributed by atoms with Crippen molar-refractivity contribution in [1.29, 1.82) is 0 Å². The highest BCUT2D eigenvalue weighted by molar-refractivity contribution is 5.74. The number of amides is 1. The van der Waals surface area contributed by atoms with E-state index in [1.807, 2.05) is 0 Å². The minimum atomic E-state index is -1.07. The van der Waals surface area contributed by atoms with Crippen molar-refractivity contribution in [1.82, 2.24) is 5.06 Å². The van der Waals surface area contributed by atoms with Gasteiger partial charge in [-0.15, -0.1) is 0 Å². The van der Waals surface area contributed by atoms with Gasteiger partial charge in [0.1, 0.15) is 6.04 Å². The largest absolute Gasteiger partial charge is 0.480 e. The smallest absolute Gasteiger partial charge is 0.320 e. The lowest BCUT2D eigenvalue weighted by molar-refractivity contribution is -0.165. The Morgan fingerprint density at radius 3 is 2.50 bits per heavy atom. The summed E-state index contributed by atoms with van der Waals surface area (Å²) >= 11 is 0. The van der Waals surface area contributed by atoms with Gasteiger partial charge in [-0.1, -0.05) is 6.92 Å².